The molecule has 0 radical (unpaired) electrons. The minimum atomic E-state index is -1.18. The summed E-state index contributed by atoms with van der Waals surface area (Å²) in [5.74, 6) is -2.42. The first-order valence-electron chi connectivity index (χ1n) is 10.3. The van der Waals surface area contributed by atoms with Crippen molar-refractivity contribution < 1.29 is 42.7 Å². The van der Waals surface area contributed by atoms with E-state index < -0.39 is 40.6 Å². The van der Waals surface area contributed by atoms with E-state index in [9.17, 15) is 29.3 Å². The van der Waals surface area contributed by atoms with Gasteiger partial charge in [0.15, 0.2) is 6.10 Å². The first-order chi connectivity index (χ1) is 16.7. The average Bonchev–Trinajstić information content (AvgIpc) is 3.40. The predicted molar refractivity (Wildman–Crippen MR) is 117 cm³/mol. The molecular formula is C22H21N3O10. The zero-order valence-electron chi connectivity index (χ0n) is 18.9. The van der Waals surface area contributed by atoms with Crippen molar-refractivity contribution in [3.63, 3.8) is 0 Å². The van der Waals surface area contributed by atoms with Crippen molar-refractivity contribution in [2.75, 3.05) is 13.7 Å². The van der Waals surface area contributed by atoms with E-state index in [1.807, 2.05) is 0 Å². The zero-order chi connectivity index (χ0) is 25.7. The average molecular weight is 487 g/mol. The van der Waals surface area contributed by atoms with E-state index in [0.717, 1.165) is 4.90 Å². The maximum atomic E-state index is 12.9. The SMILES string of the molecule is CCOC(=O)C(C)Oc1c(C=C2NC(=O)N(Cc3ccc(C(=O)OC)o3)C2=O)cccc1[N+](=O)[O-]. The van der Waals surface area contributed by atoms with Gasteiger partial charge in [-0.1, -0.05) is 12.1 Å². The quantitative estimate of drug-likeness (QED) is 0.182. The summed E-state index contributed by atoms with van der Waals surface area (Å²) in [4.78, 5) is 60.4. The highest BCUT2D eigenvalue weighted by Crippen LogP contribution is 2.34. The Morgan fingerprint density at radius 1 is 1.26 bits per heavy atom. The Balaban J connectivity index is 1.89. The van der Waals surface area contributed by atoms with E-state index >= 15 is 0 Å². The fourth-order valence-electron chi connectivity index (χ4n) is 3.11. The van der Waals surface area contributed by atoms with Crippen molar-refractivity contribution in [1.82, 2.24) is 10.2 Å². The van der Waals surface area contributed by atoms with Gasteiger partial charge in [0.05, 0.1) is 25.2 Å². The van der Waals surface area contributed by atoms with Crippen LogP contribution in [-0.2, 0) is 25.6 Å². The number of furan rings is 1. The van der Waals surface area contributed by atoms with Crippen LogP contribution in [0.2, 0.25) is 0 Å². The number of nitrogens with zero attached hydrogens (tertiary/aromatic N) is 2. The number of benzene rings is 1. The Bertz CT molecular complexity index is 1220. The van der Waals surface area contributed by atoms with Gasteiger partial charge < -0.3 is 23.9 Å². The summed E-state index contributed by atoms with van der Waals surface area (Å²) >= 11 is 0. The van der Waals surface area contributed by atoms with Gasteiger partial charge >= 0.3 is 23.7 Å². The molecule has 1 aromatic carbocycles. The Kier molecular flexibility index (Phi) is 7.49. The number of esters is 2. The molecule has 1 unspecified atom stereocenters. The zero-order valence-corrected chi connectivity index (χ0v) is 18.9. The number of para-hydroxylation sites is 1. The number of hydrogen-bond acceptors (Lipinski definition) is 10. The van der Waals surface area contributed by atoms with Crippen LogP contribution in [0.4, 0.5) is 10.5 Å². The number of ether oxygens (including phenoxy) is 3. The van der Waals surface area contributed by atoms with Crippen molar-refractivity contribution in [1.29, 1.82) is 0 Å². The summed E-state index contributed by atoms with van der Waals surface area (Å²) in [6.07, 6.45) is 0.0177. The topological polar surface area (TPSA) is 168 Å². The molecule has 1 aliphatic rings. The van der Waals surface area contributed by atoms with Gasteiger partial charge in [0.25, 0.3) is 5.91 Å². The second-order valence-electron chi connectivity index (χ2n) is 7.10. The fourth-order valence-corrected chi connectivity index (χ4v) is 3.11. The van der Waals surface area contributed by atoms with Gasteiger partial charge in [0, 0.05) is 11.6 Å². The molecule has 1 aromatic heterocycles. The van der Waals surface area contributed by atoms with Crippen molar-refractivity contribution in [2.45, 2.75) is 26.5 Å². The molecule has 0 aliphatic carbocycles. The molecule has 3 rings (SSSR count). The minimum absolute atomic E-state index is 0.0758. The Morgan fingerprint density at radius 3 is 2.66 bits per heavy atom. The summed E-state index contributed by atoms with van der Waals surface area (Å²) < 4.78 is 20.2. The summed E-state index contributed by atoms with van der Waals surface area (Å²) in [7, 11) is 1.18. The molecule has 1 N–H and O–H groups in total. The smallest absolute Gasteiger partial charge is 0.373 e. The van der Waals surface area contributed by atoms with E-state index in [1.165, 1.54) is 50.4 Å². The highest BCUT2D eigenvalue weighted by molar-refractivity contribution is 6.14. The lowest BCUT2D eigenvalue weighted by molar-refractivity contribution is -0.386. The number of rotatable bonds is 9. The molecule has 184 valence electrons. The van der Waals surface area contributed by atoms with E-state index in [4.69, 9.17) is 13.9 Å². The Morgan fingerprint density at radius 2 is 2.00 bits per heavy atom. The second kappa shape index (κ2) is 10.5. The number of urea groups is 1. The van der Waals surface area contributed by atoms with Gasteiger partial charge in [-0.25, -0.2) is 14.4 Å². The molecule has 13 heteroatoms. The first-order valence-corrected chi connectivity index (χ1v) is 10.3. The van der Waals surface area contributed by atoms with Crippen molar-refractivity contribution >= 4 is 35.6 Å². The third-order valence-corrected chi connectivity index (χ3v) is 4.76. The summed E-state index contributed by atoms with van der Waals surface area (Å²) in [5.41, 5.74) is -0.564. The van der Waals surface area contributed by atoms with Gasteiger partial charge in [-0.3, -0.25) is 19.8 Å². The fraction of sp³-hybridized carbons (Fsp3) is 0.273. The highest BCUT2D eigenvalue weighted by Gasteiger charge is 2.35. The van der Waals surface area contributed by atoms with Gasteiger partial charge in [0.1, 0.15) is 11.5 Å². The Hall–Kier alpha value is -4.68. The molecular weight excluding hydrogens is 466 g/mol. The van der Waals surface area contributed by atoms with E-state index in [0.29, 0.717) is 0 Å². The molecule has 0 spiro atoms. The minimum Gasteiger partial charge on any atom is -0.471 e. The molecule has 1 saturated heterocycles. The molecule has 13 nitrogen and oxygen atoms in total. The Labute approximate surface area is 198 Å². The van der Waals surface area contributed by atoms with E-state index in [-0.39, 0.29) is 41.7 Å². The third kappa shape index (κ3) is 5.46. The molecule has 1 aliphatic heterocycles. The van der Waals surface area contributed by atoms with Crippen molar-refractivity contribution in [3.05, 3.63) is 63.2 Å². The second-order valence-corrected chi connectivity index (χ2v) is 7.10. The lowest BCUT2D eigenvalue weighted by Crippen LogP contribution is -2.30. The summed E-state index contributed by atoms with van der Waals surface area (Å²) in [5, 5.41) is 13.9. The number of carbonyl (C=O) groups excluding carboxylic acids is 4. The van der Waals surface area contributed by atoms with Gasteiger partial charge in [0.2, 0.25) is 11.5 Å². The molecule has 2 heterocycles. The van der Waals surface area contributed by atoms with E-state index in [1.54, 1.807) is 6.92 Å². The molecule has 1 fully saturated rings. The molecule has 0 bridgehead atoms. The van der Waals surface area contributed by atoms with Crippen LogP contribution >= 0.6 is 0 Å². The van der Waals surface area contributed by atoms with Crippen LogP contribution in [0.5, 0.6) is 5.75 Å². The standard InChI is InChI=1S/C22H21N3O10/c1-4-33-20(27)12(2)34-18-13(6-5-7-16(18)25(30)31)10-15-19(26)24(22(29)23-15)11-14-8-9-17(35-14)21(28)32-3/h5-10,12H,4,11H2,1-3H3,(H,23,29). The molecule has 3 amide bonds. The normalized spacial score (nSPS) is 15.1. The summed E-state index contributed by atoms with van der Waals surface area (Å²) in [6.45, 7) is 2.77. The first kappa shape index (κ1) is 25.0. The van der Waals surface area contributed by atoms with Crippen LogP contribution < -0.4 is 10.1 Å². The molecule has 35 heavy (non-hydrogen) atoms. The summed E-state index contributed by atoms with van der Waals surface area (Å²) in [6, 6.07) is 5.94. The number of amides is 3. The maximum absolute atomic E-state index is 12.9. The van der Waals surface area contributed by atoms with E-state index in [2.05, 4.69) is 10.1 Å². The van der Waals surface area contributed by atoms with Crippen LogP contribution in [0.25, 0.3) is 6.08 Å². The number of nitro groups is 1. The van der Waals surface area contributed by atoms with Crippen LogP contribution in [-0.4, -0.2) is 53.5 Å². The number of imide groups is 1. The third-order valence-electron chi connectivity index (χ3n) is 4.76. The van der Waals surface area contributed by atoms with Gasteiger partial charge in [-0.2, -0.15) is 0 Å². The largest absolute Gasteiger partial charge is 0.471 e. The van der Waals surface area contributed by atoms with Crippen LogP contribution in [0, 0.1) is 10.1 Å². The van der Waals surface area contributed by atoms with Crippen LogP contribution in [0.15, 0.2) is 40.4 Å². The lowest BCUT2D eigenvalue weighted by atomic mass is 10.1. The van der Waals surface area contributed by atoms with Crippen molar-refractivity contribution in [3.8, 4) is 5.75 Å². The molecule has 1 atom stereocenters. The van der Waals surface area contributed by atoms with Gasteiger partial charge in [-0.15, -0.1) is 0 Å². The van der Waals surface area contributed by atoms with Gasteiger partial charge in [-0.05, 0) is 32.1 Å². The van der Waals surface area contributed by atoms with Crippen LogP contribution in [0.1, 0.15) is 35.7 Å². The molecule has 0 saturated carbocycles. The molecule has 2 aromatic rings. The predicted octanol–water partition coefficient (Wildman–Crippen LogP) is 2.40. The van der Waals surface area contributed by atoms with Crippen molar-refractivity contribution in [2.24, 2.45) is 0 Å². The number of nitrogens with one attached hydrogen (secondary N) is 1. The highest BCUT2D eigenvalue weighted by atomic mass is 16.6. The number of carbonyl (C=O) groups is 4. The number of hydrogen-bond donors (Lipinski definition) is 1. The monoisotopic (exact) mass is 487 g/mol. The number of methoxy groups -OCH3 is 1. The number of nitro benzene ring substituents is 1. The van der Waals surface area contributed by atoms with Crippen LogP contribution in [0.3, 0.4) is 0 Å². The lowest BCUT2D eigenvalue weighted by Gasteiger charge is -2.15. The maximum Gasteiger partial charge on any atom is 0.373 e.